The van der Waals surface area contributed by atoms with Crippen molar-refractivity contribution < 1.29 is 5.11 Å². The number of hydrogen-bond donors (Lipinski definition) is 2. The van der Waals surface area contributed by atoms with Crippen molar-refractivity contribution in [2.75, 3.05) is 33.2 Å². The molecule has 2 unspecified atom stereocenters. The summed E-state index contributed by atoms with van der Waals surface area (Å²) in [6, 6.07) is 9.84. The van der Waals surface area contributed by atoms with Crippen LogP contribution in [0.1, 0.15) is 18.6 Å². The third-order valence-electron chi connectivity index (χ3n) is 3.50. The molecule has 1 aromatic rings. The maximum Gasteiger partial charge on any atom is 0.0953 e. The smallest absolute Gasteiger partial charge is 0.0953 e. The highest BCUT2D eigenvalue weighted by atomic mass is 16.3. The Morgan fingerprint density at radius 2 is 1.72 bits per heavy atom. The predicted molar refractivity (Wildman–Crippen MR) is 73.1 cm³/mol. The van der Waals surface area contributed by atoms with Crippen LogP contribution in [0.5, 0.6) is 0 Å². The lowest BCUT2D eigenvalue weighted by Gasteiger charge is -2.35. The van der Waals surface area contributed by atoms with Crippen LogP contribution in [0.15, 0.2) is 30.3 Å². The second-order valence-electron chi connectivity index (χ2n) is 5.06. The first-order chi connectivity index (χ1) is 8.66. The van der Waals surface area contributed by atoms with Crippen LogP contribution in [0.2, 0.25) is 0 Å². The number of aliphatic hydroxyl groups is 1. The highest BCUT2D eigenvalue weighted by molar-refractivity contribution is 5.18. The van der Waals surface area contributed by atoms with Crippen molar-refractivity contribution >= 4 is 0 Å². The molecule has 0 radical (unpaired) electrons. The molecule has 1 fully saturated rings. The summed E-state index contributed by atoms with van der Waals surface area (Å²) < 4.78 is 0. The van der Waals surface area contributed by atoms with Gasteiger partial charge in [0.1, 0.15) is 0 Å². The van der Waals surface area contributed by atoms with Crippen LogP contribution < -0.4 is 5.43 Å². The van der Waals surface area contributed by atoms with Gasteiger partial charge in [0.2, 0.25) is 0 Å². The normalized spacial score (nSPS) is 21.7. The quantitative estimate of drug-likeness (QED) is 0.830. The van der Waals surface area contributed by atoms with Crippen molar-refractivity contribution in [2.45, 2.75) is 19.1 Å². The Kier molecular flexibility index (Phi) is 4.72. The molecule has 2 atom stereocenters. The van der Waals surface area contributed by atoms with Crippen LogP contribution in [0, 0.1) is 0 Å². The summed E-state index contributed by atoms with van der Waals surface area (Å²) in [7, 11) is 2.14. The zero-order valence-electron chi connectivity index (χ0n) is 11.2. The molecule has 0 bridgehead atoms. The standard InChI is InChI=1S/C14H23N3O/c1-12(14(18)13-6-4-3-5-7-13)15-17-10-8-16(2)9-11-17/h3-7,12,14-15,18H,8-11H2,1-2H3. The topological polar surface area (TPSA) is 38.7 Å². The van der Waals surface area contributed by atoms with Gasteiger partial charge in [-0.15, -0.1) is 0 Å². The fourth-order valence-corrected chi connectivity index (χ4v) is 2.23. The van der Waals surface area contributed by atoms with Gasteiger partial charge in [0, 0.05) is 32.2 Å². The highest BCUT2D eigenvalue weighted by Gasteiger charge is 2.20. The van der Waals surface area contributed by atoms with E-state index in [1.165, 1.54) is 0 Å². The Hall–Kier alpha value is -0.940. The number of likely N-dealkylation sites (N-methyl/N-ethyl adjacent to an activating group) is 1. The van der Waals surface area contributed by atoms with Gasteiger partial charge < -0.3 is 10.0 Å². The first-order valence-corrected chi connectivity index (χ1v) is 6.59. The Bertz CT molecular complexity index is 349. The molecule has 0 aliphatic carbocycles. The van der Waals surface area contributed by atoms with E-state index in [1.54, 1.807) is 0 Å². The number of rotatable bonds is 4. The van der Waals surface area contributed by atoms with Crippen molar-refractivity contribution in [3.8, 4) is 0 Å². The lowest BCUT2D eigenvalue weighted by molar-refractivity contribution is 0.0438. The van der Waals surface area contributed by atoms with Crippen LogP contribution in [0.25, 0.3) is 0 Å². The molecule has 100 valence electrons. The highest BCUT2D eigenvalue weighted by Crippen LogP contribution is 2.16. The molecule has 1 heterocycles. The Balaban J connectivity index is 1.86. The molecule has 0 spiro atoms. The lowest BCUT2D eigenvalue weighted by atomic mass is 10.0. The van der Waals surface area contributed by atoms with E-state index in [4.69, 9.17) is 0 Å². The van der Waals surface area contributed by atoms with Crippen LogP contribution in [0.4, 0.5) is 0 Å². The monoisotopic (exact) mass is 249 g/mol. The number of hydrazine groups is 1. The van der Waals surface area contributed by atoms with E-state index >= 15 is 0 Å². The second-order valence-corrected chi connectivity index (χ2v) is 5.06. The molecular weight excluding hydrogens is 226 g/mol. The van der Waals surface area contributed by atoms with E-state index in [9.17, 15) is 5.11 Å². The van der Waals surface area contributed by atoms with Gasteiger partial charge in [-0.1, -0.05) is 30.3 Å². The maximum absolute atomic E-state index is 10.3. The fraction of sp³-hybridized carbons (Fsp3) is 0.571. The van der Waals surface area contributed by atoms with Gasteiger partial charge in [0.05, 0.1) is 6.10 Å². The minimum Gasteiger partial charge on any atom is -0.387 e. The van der Waals surface area contributed by atoms with Crippen molar-refractivity contribution in [3.63, 3.8) is 0 Å². The molecule has 1 aromatic carbocycles. The molecule has 0 aromatic heterocycles. The van der Waals surface area contributed by atoms with Crippen molar-refractivity contribution in [1.29, 1.82) is 0 Å². The third-order valence-corrected chi connectivity index (χ3v) is 3.50. The van der Waals surface area contributed by atoms with Crippen LogP contribution in [-0.4, -0.2) is 54.3 Å². The molecule has 2 N–H and O–H groups in total. The van der Waals surface area contributed by atoms with E-state index in [2.05, 4.69) is 22.4 Å². The van der Waals surface area contributed by atoms with Gasteiger partial charge in [-0.05, 0) is 19.5 Å². The van der Waals surface area contributed by atoms with Gasteiger partial charge in [-0.3, -0.25) is 0 Å². The first-order valence-electron chi connectivity index (χ1n) is 6.59. The number of benzene rings is 1. The Labute approximate surface area is 109 Å². The number of aliphatic hydroxyl groups excluding tert-OH is 1. The largest absolute Gasteiger partial charge is 0.387 e. The van der Waals surface area contributed by atoms with E-state index in [0.29, 0.717) is 0 Å². The summed E-state index contributed by atoms with van der Waals surface area (Å²) in [5.41, 5.74) is 4.36. The minimum atomic E-state index is -0.467. The van der Waals surface area contributed by atoms with Crippen LogP contribution >= 0.6 is 0 Å². The average molecular weight is 249 g/mol. The fourth-order valence-electron chi connectivity index (χ4n) is 2.23. The molecule has 4 heteroatoms. The zero-order chi connectivity index (χ0) is 13.0. The van der Waals surface area contributed by atoms with Crippen molar-refractivity contribution in [2.24, 2.45) is 0 Å². The second kappa shape index (κ2) is 6.29. The lowest BCUT2D eigenvalue weighted by Crippen LogP contribution is -2.54. The number of nitrogens with one attached hydrogen (secondary N) is 1. The Morgan fingerprint density at radius 3 is 2.33 bits per heavy atom. The van der Waals surface area contributed by atoms with Gasteiger partial charge in [-0.25, -0.2) is 10.4 Å². The molecule has 0 amide bonds. The van der Waals surface area contributed by atoms with Gasteiger partial charge in [-0.2, -0.15) is 0 Å². The van der Waals surface area contributed by atoms with E-state index < -0.39 is 6.10 Å². The van der Waals surface area contributed by atoms with Gasteiger partial charge in [0.15, 0.2) is 0 Å². The predicted octanol–water partition coefficient (Wildman–Crippen LogP) is 0.861. The van der Waals surface area contributed by atoms with Crippen LogP contribution in [-0.2, 0) is 0 Å². The summed E-state index contributed by atoms with van der Waals surface area (Å²) in [6.07, 6.45) is -0.467. The van der Waals surface area contributed by atoms with Gasteiger partial charge >= 0.3 is 0 Å². The van der Waals surface area contributed by atoms with Crippen LogP contribution in [0.3, 0.4) is 0 Å². The van der Waals surface area contributed by atoms with E-state index in [1.807, 2.05) is 37.3 Å². The summed E-state index contributed by atoms with van der Waals surface area (Å²) >= 11 is 0. The molecule has 1 aliphatic rings. The van der Waals surface area contributed by atoms with Gasteiger partial charge in [0.25, 0.3) is 0 Å². The molecule has 1 aliphatic heterocycles. The van der Waals surface area contributed by atoms with Crippen molar-refractivity contribution in [3.05, 3.63) is 35.9 Å². The third kappa shape index (κ3) is 3.53. The zero-order valence-corrected chi connectivity index (χ0v) is 11.2. The number of nitrogens with zero attached hydrogens (tertiary/aromatic N) is 2. The van der Waals surface area contributed by atoms with E-state index in [0.717, 1.165) is 31.7 Å². The maximum atomic E-state index is 10.3. The molecule has 0 saturated carbocycles. The number of piperazine rings is 1. The minimum absolute atomic E-state index is 0.0239. The molecule has 2 rings (SSSR count). The molecule has 18 heavy (non-hydrogen) atoms. The summed E-state index contributed by atoms with van der Waals surface area (Å²) in [5.74, 6) is 0. The molecule has 4 nitrogen and oxygen atoms in total. The molecule has 1 saturated heterocycles. The average Bonchev–Trinajstić information content (AvgIpc) is 2.41. The summed E-state index contributed by atoms with van der Waals surface area (Å²) in [5, 5.41) is 12.5. The Morgan fingerprint density at radius 1 is 1.11 bits per heavy atom. The van der Waals surface area contributed by atoms with Crippen molar-refractivity contribution in [1.82, 2.24) is 15.3 Å². The summed E-state index contributed by atoms with van der Waals surface area (Å²) in [4.78, 5) is 2.32. The first kappa shape index (κ1) is 13.5. The van der Waals surface area contributed by atoms with E-state index in [-0.39, 0.29) is 6.04 Å². The summed E-state index contributed by atoms with van der Waals surface area (Å²) in [6.45, 7) is 6.17. The SMILES string of the molecule is CC(NN1CCN(C)CC1)C(O)c1ccccc1. The molecular formula is C14H23N3O. The number of hydrogen-bond acceptors (Lipinski definition) is 4.